The lowest BCUT2D eigenvalue weighted by molar-refractivity contribution is -0.129. The second kappa shape index (κ2) is 8.19. The average Bonchev–Trinajstić information content (AvgIpc) is 2.73. The molecule has 0 amide bonds. The third kappa shape index (κ3) is 4.32. The van der Waals surface area contributed by atoms with Crippen molar-refractivity contribution in [2.24, 2.45) is 16.3 Å². The van der Waals surface area contributed by atoms with Crippen molar-refractivity contribution < 1.29 is 9.90 Å². The van der Waals surface area contributed by atoms with Crippen molar-refractivity contribution >= 4 is 40.3 Å². The van der Waals surface area contributed by atoms with Gasteiger partial charge in [0.25, 0.3) is 0 Å². The Morgan fingerprint density at radius 2 is 2.03 bits per heavy atom. The molecule has 2 aliphatic carbocycles. The predicted molar refractivity (Wildman–Crippen MR) is 124 cm³/mol. The number of carboxylic acid groups (broad SMARTS) is 1. The van der Waals surface area contributed by atoms with Crippen LogP contribution in [0.5, 0.6) is 0 Å². The maximum atomic E-state index is 10.2. The molecule has 150 valence electrons. The van der Waals surface area contributed by atoms with Crippen molar-refractivity contribution in [3.05, 3.63) is 65.2 Å². The molecule has 2 atom stereocenters. The van der Waals surface area contributed by atoms with Crippen molar-refractivity contribution in [1.82, 2.24) is 0 Å². The molecule has 0 radical (unpaired) electrons. The van der Waals surface area contributed by atoms with Crippen molar-refractivity contribution in [2.45, 2.75) is 39.0 Å². The Morgan fingerprint density at radius 1 is 1.21 bits per heavy atom. The van der Waals surface area contributed by atoms with Crippen LogP contribution < -0.4 is 0 Å². The quantitative estimate of drug-likeness (QED) is 0.588. The smallest absolute Gasteiger partial charge is 0.351 e. The fourth-order valence-corrected chi connectivity index (χ4v) is 5.32. The van der Waals surface area contributed by atoms with E-state index in [9.17, 15) is 4.79 Å². The summed E-state index contributed by atoms with van der Waals surface area (Å²) in [5.41, 5.74) is 3.80. The van der Waals surface area contributed by atoms with E-state index >= 15 is 0 Å². The summed E-state index contributed by atoms with van der Waals surface area (Å²) in [5.74, 6) is 1.04. The van der Waals surface area contributed by atoms with Crippen LogP contribution in [0.4, 0.5) is 0 Å². The summed E-state index contributed by atoms with van der Waals surface area (Å²) in [7, 11) is 0. The van der Waals surface area contributed by atoms with E-state index in [1.807, 2.05) is 0 Å². The molecule has 0 bridgehead atoms. The highest BCUT2D eigenvalue weighted by Crippen LogP contribution is 2.50. The van der Waals surface area contributed by atoms with Crippen LogP contribution in [-0.2, 0) is 4.79 Å². The zero-order valence-corrected chi connectivity index (χ0v) is 17.8. The van der Waals surface area contributed by atoms with Gasteiger partial charge in [-0.15, -0.1) is 11.8 Å². The van der Waals surface area contributed by atoms with Gasteiger partial charge in [0.05, 0.1) is 0 Å². The third-order valence-corrected chi connectivity index (χ3v) is 6.96. The molecule has 5 rings (SSSR count). The fourth-order valence-electron chi connectivity index (χ4n) is 4.72. The van der Waals surface area contributed by atoms with E-state index in [1.54, 1.807) is 11.0 Å². The van der Waals surface area contributed by atoms with E-state index in [-0.39, 0.29) is 5.71 Å². The Kier molecular flexibility index (Phi) is 5.64. The van der Waals surface area contributed by atoms with E-state index in [1.165, 1.54) is 53.6 Å². The van der Waals surface area contributed by atoms with E-state index < -0.39 is 5.97 Å². The number of allylic oxidation sites excluding steroid dienone is 1. The lowest BCUT2D eigenvalue weighted by Gasteiger charge is -2.42. The van der Waals surface area contributed by atoms with Crippen molar-refractivity contribution in [2.75, 3.05) is 5.75 Å². The number of nitrogens with zero attached hydrogens (tertiary/aromatic N) is 1. The highest BCUT2D eigenvalue weighted by molar-refractivity contribution is 8.02. The number of hydrogen-bond acceptors (Lipinski definition) is 3. The number of aliphatic imine (C=N–C) groups is 1. The van der Waals surface area contributed by atoms with E-state index in [4.69, 9.17) is 5.11 Å². The van der Waals surface area contributed by atoms with Crippen LogP contribution in [0.25, 0.3) is 16.8 Å². The van der Waals surface area contributed by atoms with E-state index in [0.717, 1.165) is 11.8 Å². The normalized spacial score (nSPS) is 24.0. The molecule has 0 saturated heterocycles. The first kappa shape index (κ1) is 20.0. The van der Waals surface area contributed by atoms with Gasteiger partial charge in [0, 0.05) is 12.0 Å². The Hall–Kier alpha value is -2.33. The third-order valence-electron chi connectivity index (χ3n) is 6.21. The summed E-state index contributed by atoms with van der Waals surface area (Å²) < 4.78 is 0. The van der Waals surface area contributed by atoms with Crippen LogP contribution in [0.3, 0.4) is 0 Å². The monoisotopic (exact) mass is 405 g/mol. The molecule has 1 saturated carbocycles. The minimum absolute atomic E-state index is 0.225. The maximum Gasteiger partial charge on any atom is 0.351 e. The Balaban J connectivity index is 0.000000192. The average molecular weight is 406 g/mol. The Bertz CT molecular complexity index is 1020. The summed E-state index contributed by atoms with van der Waals surface area (Å²) in [4.78, 5) is 13.8. The zero-order chi connectivity index (χ0) is 20.4. The molecule has 1 N–H and O–H groups in total. The van der Waals surface area contributed by atoms with Crippen LogP contribution >= 0.6 is 11.8 Å². The number of fused-ring (bicyclic) bond motifs is 5. The summed E-state index contributed by atoms with van der Waals surface area (Å²) >= 11 is 1.44. The van der Waals surface area contributed by atoms with E-state index in [2.05, 4.69) is 67.4 Å². The number of thioether (sulfide) groups is 1. The number of carbonyl (C=O) groups is 1. The highest BCUT2D eigenvalue weighted by Gasteiger charge is 2.36. The first-order valence-electron chi connectivity index (χ1n) is 10.2. The SMILES string of the molecule is CC1(C)CCC2c3ccc4ccccc4c3C=CC2C1.O=C(O)C1=NC=CSC1. The first-order valence-corrected chi connectivity index (χ1v) is 11.3. The van der Waals surface area contributed by atoms with Crippen molar-refractivity contribution in [1.29, 1.82) is 0 Å². The van der Waals surface area contributed by atoms with Gasteiger partial charge in [-0.3, -0.25) is 4.99 Å². The molecule has 4 heteroatoms. The minimum atomic E-state index is -0.924. The maximum absolute atomic E-state index is 10.2. The topological polar surface area (TPSA) is 49.7 Å². The molecular formula is C25H27NO2S. The van der Waals surface area contributed by atoms with Gasteiger partial charge in [0.1, 0.15) is 5.71 Å². The number of rotatable bonds is 1. The van der Waals surface area contributed by atoms with Crippen LogP contribution in [0.1, 0.15) is 50.2 Å². The van der Waals surface area contributed by atoms with Crippen molar-refractivity contribution in [3.63, 3.8) is 0 Å². The van der Waals surface area contributed by atoms with Gasteiger partial charge in [-0.25, -0.2) is 4.79 Å². The van der Waals surface area contributed by atoms with E-state index in [0.29, 0.717) is 11.2 Å². The summed E-state index contributed by atoms with van der Waals surface area (Å²) in [5, 5.41) is 12.9. The molecular weight excluding hydrogens is 378 g/mol. The molecule has 3 nitrogen and oxygen atoms in total. The van der Waals surface area contributed by atoms with Gasteiger partial charge in [-0.2, -0.15) is 0 Å². The molecule has 1 heterocycles. The second-order valence-electron chi connectivity index (χ2n) is 8.80. The molecule has 0 aromatic heterocycles. The summed E-state index contributed by atoms with van der Waals surface area (Å²) in [6.07, 6.45) is 10.4. The first-order chi connectivity index (χ1) is 13.9. The number of benzene rings is 2. The van der Waals surface area contributed by atoms with Crippen LogP contribution in [0.15, 0.2) is 59.1 Å². The van der Waals surface area contributed by atoms with Crippen LogP contribution in [-0.4, -0.2) is 22.5 Å². The lowest BCUT2D eigenvalue weighted by atomic mass is 9.63. The molecule has 3 aliphatic rings. The van der Waals surface area contributed by atoms with Gasteiger partial charge >= 0.3 is 5.97 Å². The van der Waals surface area contributed by atoms with Crippen LogP contribution in [0, 0.1) is 11.3 Å². The highest BCUT2D eigenvalue weighted by atomic mass is 32.2. The van der Waals surface area contributed by atoms with Crippen LogP contribution in [0.2, 0.25) is 0 Å². The van der Waals surface area contributed by atoms with Crippen molar-refractivity contribution in [3.8, 4) is 0 Å². The largest absolute Gasteiger partial charge is 0.477 e. The Labute approximate surface area is 176 Å². The van der Waals surface area contributed by atoms with Gasteiger partial charge < -0.3 is 5.11 Å². The molecule has 2 aromatic rings. The number of hydrogen-bond donors (Lipinski definition) is 1. The number of carboxylic acids is 1. The standard InChI is InChI=1S/C20H22.C5H5NO2S/c1-20(2)12-11-17-15(13-20)8-10-18-16-6-4-3-5-14(16)7-9-19(17)18;7-5(8)4-3-9-2-1-6-4/h3-10,15,17H,11-13H2,1-2H3;1-2H,3H2,(H,7,8). The minimum Gasteiger partial charge on any atom is -0.477 e. The van der Waals surface area contributed by atoms with Gasteiger partial charge in [-0.1, -0.05) is 62.4 Å². The second-order valence-corrected chi connectivity index (χ2v) is 9.70. The summed E-state index contributed by atoms with van der Waals surface area (Å²) in [6.45, 7) is 4.85. The van der Waals surface area contributed by atoms with Gasteiger partial charge in [-0.05, 0) is 63.8 Å². The Morgan fingerprint density at radius 3 is 2.76 bits per heavy atom. The zero-order valence-electron chi connectivity index (χ0n) is 17.0. The lowest BCUT2D eigenvalue weighted by Crippen LogP contribution is -2.29. The molecule has 1 fully saturated rings. The molecule has 0 spiro atoms. The summed E-state index contributed by atoms with van der Waals surface area (Å²) in [6, 6.07) is 13.5. The molecule has 2 unspecified atom stereocenters. The molecule has 1 aliphatic heterocycles. The van der Waals surface area contributed by atoms with Gasteiger partial charge in [0.2, 0.25) is 0 Å². The molecule has 2 aromatic carbocycles. The number of aliphatic carboxylic acids is 1. The predicted octanol–water partition coefficient (Wildman–Crippen LogP) is 6.51. The molecule has 29 heavy (non-hydrogen) atoms. The van der Waals surface area contributed by atoms with Gasteiger partial charge in [0.15, 0.2) is 0 Å². The fraction of sp³-hybridized carbons (Fsp3) is 0.360.